The van der Waals surface area contributed by atoms with Crippen LogP contribution in [0.3, 0.4) is 0 Å². The summed E-state index contributed by atoms with van der Waals surface area (Å²) in [6.45, 7) is 0. The molecule has 1 atom stereocenters. The molecule has 1 aliphatic rings. The number of aromatic nitrogens is 2. The lowest BCUT2D eigenvalue weighted by Crippen LogP contribution is -2.28. The Kier molecular flexibility index (Phi) is 2.68. The fourth-order valence-electron chi connectivity index (χ4n) is 2.30. The molecule has 6 nitrogen and oxygen atoms in total. The smallest absolute Gasteiger partial charge is 0.236 e. The zero-order chi connectivity index (χ0) is 13.7. The molecule has 0 spiro atoms. The predicted octanol–water partition coefficient (Wildman–Crippen LogP) is 0.401. The van der Waals surface area contributed by atoms with Gasteiger partial charge in [0.2, 0.25) is 10.0 Å². The first kappa shape index (κ1) is 12.6. The zero-order valence-electron chi connectivity index (χ0n) is 9.93. The first-order valence-corrected chi connectivity index (χ1v) is 9.09. The van der Waals surface area contributed by atoms with Crippen molar-refractivity contribution in [2.24, 2.45) is 0 Å². The van der Waals surface area contributed by atoms with E-state index in [1.807, 2.05) is 0 Å². The van der Waals surface area contributed by atoms with Crippen molar-refractivity contribution in [1.29, 1.82) is 0 Å². The number of imidazole rings is 1. The van der Waals surface area contributed by atoms with Gasteiger partial charge in [-0.25, -0.2) is 25.8 Å². The van der Waals surface area contributed by atoms with Crippen molar-refractivity contribution in [2.45, 2.75) is 11.7 Å². The number of hydrogen-bond donors (Lipinski definition) is 0. The summed E-state index contributed by atoms with van der Waals surface area (Å²) in [7, 11) is -6.95. The van der Waals surface area contributed by atoms with Gasteiger partial charge in [-0.05, 0) is 18.6 Å². The third-order valence-corrected chi connectivity index (χ3v) is 7.37. The number of benzene rings is 1. The molecule has 19 heavy (non-hydrogen) atoms. The van der Waals surface area contributed by atoms with Crippen LogP contribution in [0, 0.1) is 0 Å². The highest BCUT2D eigenvalue weighted by Crippen LogP contribution is 2.23. The molecular formula is C11H12N2O4S2. The van der Waals surface area contributed by atoms with E-state index in [1.54, 1.807) is 24.3 Å². The standard InChI is InChI=1S/C11H12N2O4S2/c14-18(15)6-5-9(7-18)19(16,17)13-8-12-10-3-1-2-4-11(10)13/h1-4,8-9H,5-7H2/t9-/m1/s1. The second-order valence-corrected chi connectivity index (χ2v) is 8.92. The van der Waals surface area contributed by atoms with Gasteiger partial charge in [-0.1, -0.05) is 12.1 Å². The van der Waals surface area contributed by atoms with Gasteiger partial charge in [0.25, 0.3) is 0 Å². The maximum absolute atomic E-state index is 12.5. The molecule has 0 amide bonds. The molecule has 2 aromatic rings. The fourth-order valence-corrected chi connectivity index (χ4v) is 6.64. The van der Waals surface area contributed by atoms with Crippen LogP contribution in [-0.4, -0.2) is 42.5 Å². The largest absolute Gasteiger partial charge is 0.244 e. The Hall–Kier alpha value is -1.41. The molecule has 3 rings (SSSR count). The molecule has 0 unspecified atom stereocenters. The molecule has 0 radical (unpaired) electrons. The number of nitrogens with zero attached hydrogens (tertiary/aromatic N) is 2. The van der Waals surface area contributed by atoms with Crippen LogP contribution in [0.15, 0.2) is 30.6 Å². The monoisotopic (exact) mass is 300 g/mol. The third kappa shape index (κ3) is 2.04. The van der Waals surface area contributed by atoms with Crippen LogP contribution in [-0.2, 0) is 19.9 Å². The number of para-hydroxylation sites is 2. The van der Waals surface area contributed by atoms with Gasteiger partial charge < -0.3 is 0 Å². The zero-order valence-corrected chi connectivity index (χ0v) is 11.6. The van der Waals surface area contributed by atoms with Gasteiger partial charge in [-0.15, -0.1) is 0 Å². The summed E-state index contributed by atoms with van der Waals surface area (Å²) in [6, 6.07) is 6.86. The SMILES string of the molecule is O=S1(=O)CC[C@@H](S(=O)(=O)n2cnc3ccccc32)C1. The van der Waals surface area contributed by atoms with E-state index in [0.29, 0.717) is 11.0 Å². The van der Waals surface area contributed by atoms with Crippen molar-refractivity contribution in [1.82, 2.24) is 8.96 Å². The normalized spacial score (nSPS) is 22.8. The molecule has 1 aliphatic heterocycles. The van der Waals surface area contributed by atoms with Crippen molar-refractivity contribution < 1.29 is 16.8 Å². The lowest BCUT2D eigenvalue weighted by atomic mass is 10.3. The Morgan fingerprint density at radius 1 is 1.26 bits per heavy atom. The van der Waals surface area contributed by atoms with E-state index in [1.165, 1.54) is 6.33 Å². The van der Waals surface area contributed by atoms with Gasteiger partial charge >= 0.3 is 0 Å². The molecule has 2 heterocycles. The Morgan fingerprint density at radius 2 is 2.00 bits per heavy atom. The predicted molar refractivity (Wildman–Crippen MR) is 71.1 cm³/mol. The lowest BCUT2D eigenvalue weighted by molar-refractivity contribution is 0.575. The molecule has 1 fully saturated rings. The van der Waals surface area contributed by atoms with E-state index in [4.69, 9.17) is 0 Å². The highest BCUT2D eigenvalue weighted by Gasteiger charge is 2.38. The van der Waals surface area contributed by atoms with Crippen LogP contribution >= 0.6 is 0 Å². The van der Waals surface area contributed by atoms with Crippen molar-refractivity contribution in [2.75, 3.05) is 11.5 Å². The minimum absolute atomic E-state index is 0.0659. The highest BCUT2D eigenvalue weighted by atomic mass is 32.2. The first-order valence-electron chi connectivity index (χ1n) is 5.77. The van der Waals surface area contributed by atoms with Gasteiger partial charge in [0.05, 0.1) is 27.8 Å². The van der Waals surface area contributed by atoms with E-state index in [0.717, 1.165) is 3.97 Å². The van der Waals surface area contributed by atoms with Crippen LogP contribution < -0.4 is 0 Å². The topological polar surface area (TPSA) is 86.1 Å². The van der Waals surface area contributed by atoms with Crippen LogP contribution in [0.4, 0.5) is 0 Å². The summed E-state index contributed by atoms with van der Waals surface area (Å²) in [5.74, 6) is -0.370. The molecule has 0 aliphatic carbocycles. The Bertz CT molecular complexity index is 836. The molecule has 8 heteroatoms. The minimum atomic E-state index is -3.72. The second-order valence-electron chi connectivity index (χ2n) is 4.60. The summed E-state index contributed by atoms with van der Waals surface area (Å²) in [5.41, 5.74) is 1.05. The summed E-state index contributed by atoms with van der Waals surface area (Å²) in [5, 5.41) is -0.880. The van der Waals surface area contributed by atoms with E-state index in [2.05, 4.69) is 4.98 Å². The van der Waals surface area contributed by atoms with Crippen molar-refractivity contribution >= 4 is 30.9 Å². The average molecular weight is 300 g/mol. The molecular weight excluding hydrogens is 288 g/mol. The van der Waals surface area contributed by atoms with Crippen molar-refractivity contribution in [3.05, 3.63) is 30.6 Å². The molecule has 1 aromatic carbocycles. The van der Waals surface area contributed by atoms with Gasteiger partial charge in [-0.2, -0.15) is 0 Å². The van der Waals surface area contributed by atoms with Crippen LogP contribution in [0.5, 0.6) is 0 Å². The van der Waals surface area contributed by atoms with Crippen molar-refractivity contribution in [3.63, 3.8) is 0 Å². The molecule has 1 saturated heterocycles. The quantitative estimate of drug-likeness (QED) is 0.801. The Morgan fingerprint density at radius 3 is 2.68 bits per heavy atom. The maximum Gasteiger partial charge on any atom is 0.244 e. The molecule has 0 saturated carbocycles. The summed E-state index contributed by atoms with van der Waals surface area (Å²) in [6.07, 6.45) is 1.39. The van der Waals surface area contributed by atoms with Gasteiger partial charge in [0, 0.05) is 0 Å². The fraction of sp³-hybridized carbons (Fsp3) is 0.364. The average Bonchev–Trinajstić information content (AvgIpc) is 2.92. The van der Waals surface area contributed by atoms with E-state index in [9.17, 15) is 16.8 Å². The number of rotatable bonds is 2. The van der Waals surface area contributed by atoms with Crippen LogP contribution in [0.1, 0.15) is 6.42 Å². The number of fused-ring (bicyclic) bond motifs is 1. The minimum Gasteiger partial charge on any atom is -0.236 e. The van der Waals surface area contributed by atoms with Crippen molar-refractivity contribution in [3.8, 4) is 0 Å². The first-order chi connectivity index (χ1) is 8.90. The van der Waals surface area contributed by atoms with Gasteiger partial charge in [-0.3, -0.25) is 0 Å². The van der Waals surface area contributed by atoms with E-state index >= 15 is 0 Å². The summed E-state index contributed by atoms with van der Waals surface area (Å²) in [4.78, 5) is 4.03. The molecule has 0 bridgehead atoms. The van der Waals surface area contributed by atoms with E-state index in [-0.39, 0.29) is 17.9 Å². The molecule has 1 aromatic heterocycles. The second kappa shape index (κ2) is 4.04. The highest BCUT2D eigenvalue weighted by molar-refractivity contribution is 7.95. The number of hydrogen-bond acceptors (Lipinski definition) is 5. The maximum atomic E-state index is 12.5. The van der Waals surface area contributed by atoms with Crippen LogP contribution in [0.25, 0.3) is 11.0 Å². The third-order valence-electron chi connectivity index (χ3n) is 3.31. The lowest BCUT2D eigenvalue weighted by Gasteiger charge is -2.11. The van der Waals surface area contributed by atoms with Gasteiger partial charge in [0.15, 0.2) is 9.84 Å². The Balaban J connectivity index is 2.11. The summed E-state index contributed by atoms with van der Waals surface area (Å²) < 4.78 is 48.9. The van der Waals surface area contributed by atoms with Gasteiger partial charge in [0.1, 0.15) is 6.33 Å². The molecule has 102 valence electrons. The molecule has 0 N–H and O–H groups in total. The summed E-state index contributed by atoms with van der Waals surface area (Å²) >= 11 is 0. The Labute approximate surface area is 111 Å². The van der Waals surface area contributed by atoms with Crippen LogP contribution in [0.2, 0.25) is 0 Å². The van der Waals surface area contributed by atoms with E-state index < -0.39 is 25.1 Å². The number of sulfone groups is 1.